The minimum Gasteiger partial charge on any atom is -0.369 e. The van der Waals surface area contributed by atoms with Crippen LogP contribution < -0.4 is 11.1 Å². The summed E-state index contributed by atoms with van der Waals surface area (Å²) < 4.78 is 0. The highest BCUT2D eigenvalue weighted by Crippen LogP contribution is 2.25. The van der Waals surface area contributed by atoms with E-state index < -0.39 is 0 Å². The number of rotatable bonds is 9. The molecule has 0 fully saturated rings. The number of carbonyl (C=O) groups excluding carboxylic acids is 2. The van der Waals surface area contributed by atoms with Gasteiger partial charge in [0, 0.05) is 18.4 Å². The van der Waals surface area contributed by atoms with Crippen molar-refractivity contribution in [3.05, 3.63) is 0 Å². The second-order valence-corrected chi connectivity index (χ2v) is 5.28. The number of amides is 2. The van der Waals surface area contributed by atoms with E-state index in [0.29, 0.717) is 25.3 Å². The third-order valence-electron chi connectivity index (χ3n) is 3.13. The molecule has 3 N–H and O–H groups in total. The van der Waals surface area contributed by atoms with E-state index in [2.05, 4.69) is 26.1 Å². The molecule has 0 saturated heterocycles. The van der Waals surface area contributed by atoms with Crippen molar-refractivity contribution in [2.45, 2.75) is 53.4 Å². The zero-order chi connectivity index (χ0) is 14.1. The number of hydrogen-bond donors (Lipinski definition) is 2. The predicted octanol–water partition coefficient (Wildman–Crippen LogP) is 2.08. The molecule has 0 spiro atoms. The van der Waals surface area contributed by atoms with Crippen molar-refractivity contribution in [2.24, 2.45) is 23.5 Å². The number of nitrogens with two attached hydrogens (primary N) is 1. The van der Waals surface area contributed by atoms with Crippen LogP contribution in [-0.4, -0.2) is 18.4 Å². The van der Waals surface area contributed by atoms with Gasteiger partial charge >= 0.3 is 0 Å². The van der Waals surface area contributed by atoms with Gasteiger partial charge in [-0.3, -0.25) is 9.59 Å². The number of unbranched alkanes of at least 4 members (excludes halogenated alkanes) is 1. The minimum absolute atomic E-state index is 0.0360. The summed E-state index contributed by atoms with van der Waals surface area (Å²) >= 11 is 0. The first kappa shape index (κ1) is 16.9. The lowest BCUT2D eigenvalue weighted by atomic mass is 9.81. The standard InChI is InChI=1S/C14H28N2O2/c1-5-7-8-11(13(15)17)12(9-10(3)4)14(18)16-6-2/h10-12H,5-9H2,1-4H3,(H2,15,17)(H,16,18)/t11-,12?/m0/s1. The molecule has 0 radical (unpaired) electrons. The van der Waals surface area contributed by atoms with Crippen LogP contribution in [0.3, 0.4) is 0 Å². The average Bonchev–Trinajstić information content (AvgIpc) is 2.27. The summed E-state index contributed by atoms with van der Waals surface area (Å²) in [4.78, 5) is 23.6. The van der Waals surface area contributed by atoms with Crippen LogP contribution in [0.5, 0.6) is 0 Å². The number of primary amides is 1. The van der Waals surface area contributed by atoms with Crippen LogP contribution in [-0.2, 0) is 9.59 Å². The van der Waals surface area contributed by atoms with Crippen LogP contribution in [0, 0.1) is 17.8 Å². The van der Waals surface area contributed by atoms with Crippen molar-refractivity contribution < 1.29 is 9.59 Å². The van der Waals surface area contributed by atoms with E-state index in [1.54, 1.807) is 0 Å². The molecule has 2 atom stereocenters. The Labute approximate surface area is 111 Å². The Kier molecular flexibility index (Phi) is 8.42. The second-order valence-electron chi connectivity index (χ2n) is 5.28. The third kappa shape index (κ3) is 6.03. The maximum absolute atomic E-state index is 12.1. The van der Waals surface area contributed by atoms with Gasteiger partial charge < -0.3 is 11.1 Å². The monoisotopic (exact) mass is 256 g/mol. The van der Waals surface area contributed by atoms with Gasteiger partial charge in [-0.25, -0.2) is 0 Å². The lowest BCUT2D eigenvalue weighted by Crippen LogP contribution is -2.41. The lowest BCUT2D eigenvalue weighted by Gasteiger charge is -2.25. The van der Waals surface area contributed by atoms with Crippen molar-refractivity contribution in [3.8, 4) is 0 Å². The van der Waals surface area contributed by atoms with Gasteiger partial charge in [0.15, 0.2) is 0 Å². The van der Waals surface area contributed by atoms with Crippen LogP contribution in [0.4, 0.5) is 0 Å². The summed E-state index contributed by atoms with van der Waals surface area (Å²) in [7, 11) is 0. The van der Waals surface area contributed by atoms with Crippen LogP contribution in [0.25, 0.3) is 0 Å². The van der Waals surface area contributed by atoms with Gasteiger partial charge in [0.05, 0.1) is 0 Å². The Morgan fingerprint density at radius 2 is 1.78 bits per heavy atom. The predicted molar refractivity (Wildman–Crippen MR) is 73.8 cm³/mol. The molecule has 0 saturated carbocycles. The first-order valence-corrected chi connectivity index (χ1v) is 7.00. The van der Waals surface area contributed by atoms with E-state index in [1.807, 2.05) is 6.92 Å². The first-order chi connectivity index (χ1) is 8.43. The van der Waals surface area contributed by atoms with Crippen molar-refractivity contribution in [1.29, 1.82) is 0 Å². The van der Waals surface area contributed by atoms with E-state index in [9.17, 15) is 9.59 Å². The van der Waals surface area contributed by atoms with E-state index in [4.69, 9.17) is 5.73 Å². The van der Waals surface area contributed by atoms with Crippen molar-refractivity contribution in [3.63, 3.8) is 0 Å². The van der Waals surface area contributed by atoms with E-state index in [0.717, 1.165) is 12.8 Å². The van der Waals surface area contributed by atoms with E-state index in [1.165, 1.54) is 0 Å². The molecular weight excluding hydrogens is 228 g/mol. The fraction of sp³-hybridized carbons (Fsp3) is 0.857. The molecule has 0 aliphatic heterocycles. The Bertz CT molecular complexity index is 265. The summed E-state index contributed by atoms with van der Waals surface area (Å²) in [6.07, 6.45) is 3.36. The van der Waals surface area contributed by atoms with Gasteiger partial charge in [0.1, 0.15) is 0 Å². The Morgan fingerprint density at radius 1 is 1.17 bits per heavy atom. The minimum atomic E-state index is -0.347. The summed E-state index contributed by atoms with van der Waals surface area (Å²) in [6.45, 7) is 8.66. The van der Waals surface area contributed by atoms with Gasteiger partial charge in [0.2, 0.25) is 11.8 Å². The summed E-state index contributed by atoms with van der Waals surface area (Å²) in [6, 6.07) is 0. The van der Waals surface area contributed by atoms with Gasteiger partial charge in [0.25, 0.3) is 0 Å². The quantitative estimate of drug-likeness (QED) is 0.663. The molecule has 4 heteroatoms. The first-order valence-electron chi connectivity index (χ1n) is 7.00. The highest BCUT2D eigenvalue weighted by atomic mass is 16.2. The molecule has 0 aromatic heterocycles. The van der Waals surface area contributed by atoms with Crippen LogP contribution in [0.15, 0.2) is 0 Å². The lowest BCUT2D eigenvalue weighted by molar-refractivity contribution is -0.134. The highest BCUT2D eigenvalue weighted by Gasteiger charge is 2.31. The molecule has 0 bridgehead atoms. The molecule has 18 heavy (non-hydrogen) atoms. The number of nitrogens with one attached hydrogen (secondary N) is 1. The van der Waals surface area contributed by atoms with Gasteiger partial charge in [-0.05, 0) is 25.7 Å². The molecule has 4 nitrogen and oxygen atoms in total. The zero-order valence-electron chi connectivity index (χ0n) is 12.2. The average molecular weight is 256 g/mol. The summed E-state index contributed by atoms with van der Waals surface area (Å²) in [5.41, 5.74) is 5.47. The molecule has 0 rings (SSSR count). The van der Waals surface area contributed by atoms with Gasteiger partial charge in [-0.1, -0.05) is 33.6 Å². The van der Waals surface area contributed by atoms with Crippen LogP contribution in [0.2, 0.25) is 0 Å². The van der Waals surface area contributed by atoms with E-state index in [-0.39, 0.29) is 23.7 Å². The van der Waals surface area contributed by atoms with Crippen LogP contribution in [0.1, 0.15) is 53.4 Å². The second kappa shape index (κ2) is 8.95. The molecule has 0 aliphatic carbocycles. The topological polar surface area (TPSA) is 72.2 Å². The van der Waals surface area contributed by atoms with E-state index >= 15 is 0 Å². The molecule has 1 unspecified atom stereocenters. The highest BCUT2D eigenvalue weighted by molar-refractivity contribution is 5.86. The normalized spacial score (nSPS) is 14.3. The molecule has 0 heterocycles. The fourth-order valence-electron chi connectivity index (χ4n) is 2.23. The molecule has 0 aromatic rings. The summed E-state index contributed by atoms with van der Waals surface area (Å²) in [5, 5.41) is 2.82. The number of carbonyl (C=O) groups is 2. The van der Waals surface area contributed by atoms with Crippen molar-refractivity contribution in [1.82, 2.24) is 5.32 Å². The molecule has 0 aromatic carbocycles. The Balaban J connectivity index is 4.84. The Morgan fingerprint density at radius 3 is 2.17 bits per heavy atom. The molecule has 0 aliphatic rings. The SMILES string of the molecule is CCCC[C@H](C(N)=O)C(CC(C)C)C(=O)NCC. The molecule has 106 valence electrons. The molecule has 2 amide bonds. The van der Waals surface area contributed by atoms with Crippen molar-refractivity contribution >= 4 is 11.8 Å². The third-order valence-corrected chi connectivity index (χ3v) is 3.13. The number of hydrogen-bond acceptors (Lipinski definition) is 2. The fourth-order valence-corrected chi connectivity index (χ4v) is 2.23. The Hall–Kier alpha value is -1.06. The maximum atomic E-state index is 12.1. The largest absolute Gasteiger partial charge is 0.369 e. The van der Waals surface area contributed by atoms with Crippen molar-refractivity contribution in [2.75, 3.05) is 6.54 Å². The van der Waals surface area contributed by atoms with Crippen LogP contribution >= 0.6 is 0 Å². The van der Waals surface area contributed by atoms with Gasteiger partial charge in [-0.15, -0.1) is 0 Å². The molecular formula is C14H28N2O2. The maximum Gasteiger partial charge on any atom is 0.223 e. The van der Waals surface area contributed by atoms with Gasteiger partial charge in [-0.2, -0.15) is 0 Å². The summed E-state index contributed by atoms with van der Waals surface area (Å²) in [5.74, 6) is -0.625. The smallest absolute Gasteiger partial charge is 0.223 e. The zero-order valence-corrected chi connectivity index (χ0v) is 12.2.